The molecule has 1 N–H and O–H groups in total. The fraction of sp³-hybridized carbons (Fsp3) is 0.636. The standard InChI is InChI=1S/C11H18BrNO2S2/c1-8(2)11(3,4)7-13-17(14,15)10-9(12)5-6-16-10/h5-6,8,13H,7H2,1-4H3. The molecular formula is C11H18BrNO2S2. The minimum absolute atomic E-state index is 0.0587. The number of sulfonamides is 1. The van der Waals surface area contributed by atoms with E-state index in [4.69, 9.17) is 0 Å². The predicted molar refractivity (Wildman–Crippen MR) is 75.8 cm³/mol. The molecule has 6 heteroatoms. The first-order chi connectivity index (χ1) is 7.67. The zero-order chi connectivity index (χ0) is 13.3. The summed E-state index contributed by atoms with van der Waals surface area (Å²) in [6, 6.07) is 1.74. The maximum Gasteiger partial charge on any atom is 0.251 e. The summed E-state index contributed by atoms with van der Waals surface area (Å²) in [6.45, 7) is 8.75. The van der Waals surface area contributed by atoms with Gasteiger partial charge in [-0.2, -0.15) is 0 Å². The lowest BCUT2D eigenvalue weighted by molar-refractivity contribution is 0.252. The molecule has 1 aromatic heterocycles. The largest absolute Gasteiger partial charge is 0.251 e. The summed E-state index contributed by atoms with van der Waals surface area (Å²) in [5.74, 6) is 0.414. The first-order valence-electron chi connectivity index (χ1n) is 5.39. The van der Waals surface area contributed by atoms with Gasteiger partial charge in [0.25, 0.3) is 10.0 Å². The van der Waals surface area contributed by atoms with E-state index in [0.717, 1.165) is 0 Å². The van der Waals surface area contributed by atoms with E-state index in [2.05, 4.69) is 48.3 Å². The van der Waals surface area contributed by atoms with Gasteiger partial charge in [-0.3, -0.25) is 0 Å². The molecule has 1 aromatic rings. The Morgan fingerprint density at radius 3 is 2.47 bits per heavy atom. The lowest BCUT2D eigenvalue weighted by Crippen LogP contribution is -2.36. The summed E-state index contributed by atoms with van der Waals surface area (Å²) in [7, 11) is -3.39. The van der Waals surface area contributed by atoms with Crippen LogP contribution in [0.15, 0.2) is 20.1 Å². The number of hydrogen-bond acceptors (Lipinski definition) is 3. The highest BCUT2D eigenvalue weighted by molar-refractivity contribution is 9.10. The van der Waals surface area contributed by atoms with Crippen molar-refractivity contribution in [3.05, 3.63) is 15.9 Å². The zero-order valence-electron chi connectivity index (χ0n) is 10.5. The molecule has 17 heavy (non-hydrogen) atoms. The molecule has 0 aliphatic rings. The Balaban J connectivity index is 2.80. The fourth-order valence-electron chi connectivity index (χ4n) is 1.02. The van der Waals surface area contributed by atoms with Gasteiger partial charge >= 0.3 is 0 Å². The molecule has 0 atom stereocenters. The Kier molecular flexibility index (Phi) is 4.80. The van der Waals surface area contributed by atoms with Crippen molar-refractivity contribution >= 4 is 37.3 Å². The fourth-order valence-corrected chi connectivity index (χ4v) is 4.63. The van der Waals surface area contributed by atoms with E-state index >= 15 is 0 Å². The van der Waals surface area contributed by atoms with Gasteiger partial charge in [-0.25, -0.2) is 13.1 Å². The quantitative estimate of drug-likeness (QED) is 0.892. The third-order valence-electron chi connectivity index (χ3n) is 3.11. The molecule has 0 aliphatic carbocycles. The van der Waals surface area contributed by atoms with Crippen LogP contribution in [0.3, 0.4) is 0 Å². The van der Waals surface area contributed by atoms with Gasteiger partial charge in [0.2, 0.25) is 0 Å². The van der Waals surface area contributed by atoms with Gasteiger partial charge in [0, 0.05) is 11.0 Å². The Morgan fingerprint density at radius 2 is 2.06 bits per heavy atom. The summed E-state index contributed by atoms with van der Waals surface area (Å²) in [6.07, 6.45) is 0. The number of hydrogen-bond donors (Lipinski definition) is 1. The van der Waals surface area contributed by atoms with Crippen LogP contribution in [0.2, 0.25) is 0 Å². The van der Waals surface area contributed by atoms with E-state index in [9.17, 15) is 8.42 Å². The number of thiophene rings is 1. The Morgan fingerprint density at radius 1 is 1.47 bits per heavy atom. The van der Waals surface area contributed by atoms with Crippen LogP contribution in [0.25, 0.3) is 0 Å². The molecule has 0 radical (unpaired) electrons. The first kappa shape index (κ1) is 15.1. The lowest BCUT2D eigenvalue weighted by Gasteiger charge is -2.29. The summed E-state index contributed by atoms with van der Waals surface area (Å²) < 4.78 is 27.7. The van der Waals surface area contributed by atoms with Crippen molar-refractivity contribution in [1.29, 1.82) is 0 Å². The summed E-state index contributed by atoms with van der Waals surface area (Å²) in [5, 5.41) is 1.76. The summed E-state index contributed by atoms with van der Waals surface area (Å²) in [5.41, 5.74) is -0.0587. The molecule has 98 valence electrons. The lowest BCUT2D eigenvalue weighted by atomic mass is 9.81. The maximum absolute atomic E-state index is 12.1. The SMILES string of the molecule is CC(C)C(C)(C)CNS(=O)(=O)c1sccc1Br. The molecular weight excluding hydrogens is 322 g/mol. The Bertz CT molecular complexity index is 477. The molecule has 0 saturated heterocycles. The third-order valence-corrected chi connectivity index (χ3v) is 7.18. The second-order valence-corrected chi connectivity index (χ2v) is 8.76. The van der Waals surface area contributed by atoms with Crippen molar-refractivity contribution in [3.8, 4) is 0 Å². The van der Waals surface area contributed by atoms with Crippen LogP contribution < -0.4 is 4.72 Å². The number of nitrogens with one attached hydrogen (secondary N) is 1. The van der Waals surface area contributed by atoms with Crippen LogP contribution in [0.4, 0.5) is 0 Å². The molecule has 1 rings (SSSR count). The Labute approximate surface area is 116 Å². The molecule has 0 unspecified atom stereocenters. The topological polar surface area (TPSA) is 46.2 Å². The molecule has 0 spiro atoms. The normalized spacial score (nSPS) is 13.3. The minimum Gasteiger partial charge on any atom is -0.210 e. The predicted octanol–water partition coefficient (Wildman–Crippen LogP) is 3.47. The highest BCUT2D eigenvalue weighted by Gasteiger charge is 2.26. The van der Waals surface area contributed by atoms with Crippen LogP contribution in [-0.4, -0.2) is 15.0 Å². The van der Waals surface area contributed by atoms with Gasteiger partial charge in [0.1, 0.15) is 4.21 Å². The van der Waals surface area contributed by atoms with E-state index in [1.165, 1.54) is 11.3 Å². The monoisotopic (exact) mass is 339 g/mol. The summed E-state index contributed by atoms with van der Waals surface area (Å²) in [4.78, 5) is 0. The second-order valence-electron chi connectivity index (χ2n) is 5.02. The van der Waals surface area contributed by atoms with Crippen molar-refractivity contribution in [1.82, 2.24) is 4.72 Å². The van der Waals surface area contributed by atoms with Crippen LogP contribution in [-0.2, 0) is 10.0 Å². The van der Waals surface area contributed by atoms with E-state index in [0.29, 0.717) is 21.1 Å². The highest BCUT2D eigenvalue weighted by Crippen LogP contribution is 2.29. The van der Waals surface area contributed by atoms with Gasteiger partial charge in [-0.1, -0.05) is 27.7 Å². The number of halogens is 1. The van der Waals surface area contributed by atoms with Gasteiger partial charge in [0.15, 0.2) is 0 Å². The average Bonchev–Trinajstić information content (AvgIpc) is 2.62. The zero-order valence-corrected chi connectivity index (χ0v) is 13.7. The molecule has 0 aromatic carbocycles. The first-order valence-corrected chi connectivity index (χ1v) is 8.55. The molecule has 0 bridgehead atoms. The van der Waals surface area contributed by atoms with Crippen molar-refractivity contribution < 1.29 is 8.42 Å². The minimum atomic E-state index is -3.39. The van der Waals surface area contributed by atoms with Gasteiger partial charge < -0.3 is 0 Å². The van der Waals surface area contributed by atoms with Crippen molar-refractivity contribution in [2.45, 2.75) is 31.9 Å². The molecule has 0 amide bonds. The summed E-state index contributed by atoms with van der Waals surface area (Å²) >= 11 is 4.46. The van der Waals surface area contributed by atoms with Crippen LogP contribution >= 0.6 is 27.3 Å². The van der Waals surface area contributed by atoms with E-state index < -0.39 is 10.0 Å². The van der Waals surface area contributed by atoms with Crippen LogP contribution in [0, 0.1) is 11.3 Å². The third kappa shape index (κ3) is 3.77. The van der Waals surface area contributed by atoms with Crippen molar-refractivity contribution in [2.24, 2.45) is 11.3 Å². The van der Waals surface area contributed by atoms with E-state index in [1.807, 2.05) is 0 Å². The maximum atomic E-state index is 12.1. The second kappa shape index (κ2) is 5.38. The Hall–Kier alpha value is 0.0900. The highest BCUT2D eigenvalue weighted by atomic mass is 79.9. The molecule has 1 heterocycles. The van der Waals surface area contributed by atoms with Gasteiger partial charge in [-0.15, -0.1) is 11.3 Å². The molecule has 0 fully saturated rings. The van der Waals surface area contributed by atoms with Gasteiger partial charge in [-0.05, 0) is 38.7 Å². The van der Waals surface area contributed by atoms with Crippen molar-refractivity contribution in [3.63, 3.8) is 0 Å². The number of rotatable bonds is 5. The van der Waals surface area contributed by atoms with Crippen LogP contribution in [0.1, 0.15) is 27.7 Å². The van der Waals surface area contributed by atoms with Gasteiger partial charge in [0.05, 0.1) is 0 Å². The molecule has 0 saturated carbocycles. The molecule has 0 aliphatic heterocycles. The average molecular weight is 340 g/mol. The smallest absolute Gasteiger partial charge is 0.210 e. The van der Waals surface area contributed by atoms with Crippen molar-refractivity contribution in [2.75, 3.05) is 6.54 Å². The van der Waals surface area contributed by atoms with E-state index in [-0.39, 0.29) is 5.41 Å². The molecule has 3 nitrogen and oxygen atoms in total. The van der Waals surface area contributed by atoms with Crippen LogP contribution in [0.5, 0.6) is 0 Å². The van der Waals surface area contributed by atoms with E-state index in [1.54, 1.807) is 11.4 Å².